The van der Waals surface area contributed by atoms with E-state index in [0.29, 0.717) is 29.8 Å². The molecule has 0 bridgehead atoms. The molecule has 1 amide bonds. The number of carbonyl (C=O) groups is 2. The maximum atomic E-state index is 12.1. The molecular formula is C19H18N2O4. The Bertz CT molecular complexity index is 916. The van der Waals surface area contributed by atoms with Gasteiger partial charge in [-0.05, 0) is 23.8 Å². The number of ether oxygens (including phenoxy) is 2. The van der Waals surface area contributed by atoms with E-state index in [4.69, 9.17) is 9.47 Å². The van der Waals surface area contributed by atoms with E-state index in [2.05, 4.69) is 5.32 Å². The summed E-state index contributed by atoms with van der Waals surface area (Å²) in [5.74, 6) is 0.127. The second-order valence-corrected chi connectivity index (χ2v) is 5.49. The first-order chi connectivity index (χ1) is 12.2. The number of amides is 1. The van der Waals surface area contributed by atoms with Crippen molar-refractivity contribution < 1.29 is 19.1 Å². The van der Waals surface area contributed by atoms with Gasteiger partial charge in [0.1, 0.15) is 12.4 Å². The van der Waals surface area contributed by atoms with Crippen molar-refractivity contribution >= 4 is 29.0 Å². The molecular weight excluding hydrogens is 320 g/mol. The molecule has 2 aromatic carbocycles. The van der Waals surface area contributed by atoms with Gasteiger partial charge in [-0.15, -0.1) is 0 Å². The summed E-state index contributed by atoms with van der Waals surface area (Å²) in [4.78, 5) is 23.0. The first kappa shape index (κ1) is 16.6. The van der Waals surface area contributed by atoms with Crippen LogP contribution in [0.3, 0.4) is 0 Å². The molecule has 25 heavy (non-hydrogen) atoms. The fourth-order valence-electron chi connectivity index (χ4n) is 2.79. The van der Waals surface area contributed by atoms with Gasteiger partial charge in [0.2, 0.25) is 6.41 Å². The molecule has 1 N–H and O–H groups in total. The number of anilines is 1. The largest absolute Gasteiger partial charge is 0.489 e. The molecule has 3 rings (SSSR count). The van der Waals surface area contributed by atoms with Crippen LogP contribution in [0.2, 0.25) is 0 Å². The first-order valence-corrected chi connectivity index (χ1v) is 7.73. The zero-order valence-corrected chi connectivity index (χ0v) is 14.0. The smallest absolute Gasteiger partial charge is 0.356 e. The third kappa shape index (κ3) is 3.19. The third-order valence-corrected chi connectivity index (χ3v) is 4.00. The molecule has 0 saturated carbocycles. The molecule has 0 fully saturated rings. The van der Waals surface area contributed by atoms with Crippen molar-refractivity contribution in [1.82, 2.24) is 4.57 Å². The second-order valence-electron chi connectivity index (χ2n) is 5.49. The predicted molar refractivity (Wildman–Crippen MR) is 94.7 cm³/mol. The number of carbonyl (C=O) groups excluding carboxylic acids is 2. The van der Waals surface area contributed by atoms with E-state index >= 15 is 0 Å². The SMILES string of the molecule is COC(=O)c1c(NC=O)c2cc(OCc3ccccc3)ccc2n1C. The zero-order chi connectivity index (χ0) is 17.8. The van der Waals surface area contributed by atoms with Crippen LogP contribution < -0.4 is 10.1 Å². The molecule has 1 heterocycles. The van der Waals surface area contributed by atoms with Crippen LogP contribution in [0.4, 0.5) is 5.69 Å². The van der Waals surface area contributed by atoms with Gasteiger partial charge >= 0.3 is 5.97 Å². The highest BCUT2D eigenvalue weighted by Gasteiger charge is 2.22. The topological polar surface area (TPSA) is 69.6 Å². The number of hydrogen-bond donors (Lipinski definition) is 1. The third-order valence-electron chi connectivity index (χ3n) is 4.00. The Morgan fingerprint density at radius 1 is 1.20 bits per heavy atom. The normalized spacial score (nSPS) is 10.5. The van der Waals surface area contributed by atoms with Crippen molar-refractivity contribution in [3.8, 4) is 5.75 Å². The van der Waals surface area contributed by atoms with Gasteiger partial charge in [0.05, 0.1) is 18.3 Å². The van der Waals surface area contributed by atoms with E-state index < -0.39 is 5.97 Å². The number of fused-ring (bicyclic) bond motifs is 1. The van der Waals surface area contributed by atoms with Crippen molar-refractivity contribution in [1.29, 1.82) is 0 Å². The van der Waals surface area contributed by atoms with Crippen LogP contribution in [0.5, 0.6) is 5.75 Å². The quantitative estimate of drug-likeness (QED) is 0.554. The van der Waals surface area contributed by atoms with Crippen LogP contribution >= 0.6 is 0 Å². The summed E-state index contributed by atoms with van der Waals surface area (Å²) >= 11 is 0. The van der Waals surface area contributed by atoms with Crippen molar-refractivity contribution in [2.24, 2.45) is 7.05 Å². The maximum absolute atomic E-state index is 12.1. The Morgan fingerprint density at radius 3 is 2.64 bits per heavy atom. The minimum atomic E-state index is -0.519. The lowest BCUT2D eigenvalue weighted by Gasteiger charge is -2.07. The maximum Gasteiger partial charge on any atom is 0.356 e. The summed E-state index contributed by atoms with van der Waals surface area (Å²) in [6.45, 7) is 0.430. The molecule has 0 unspecified atom stereocenters. The summed E-state index contributed by atoms with van der Waals surface area (Å²) in [6, 6.07) is 15.3. The lowest BCUT2D eigenvalue weighted by molar-refractivity contribution is -0.105. The molecule has 0 atom stereocenters. The number of aromatic nitrogens is 1. The monoisotopic (exact) mass is 338 g/mol. The standard InChI is InChI=1S/C19H18N2O4/c1-21-16-9-8-14(25-11-13-6-4-3-5-7-13)10-15(16)17(20-12-22)18(21)19(23)24-2/h3-10,12H,11H2,1-2H3,(H,20,22). The van der Waals surface area contributed by atoms with Crippen LogP contribution in [-0.2, 0) is 23.2 Å². The molecule has 6 nitrogen and oxygen atoms in total. The van der Waals surface area contributed by atoms with E-state index in [9.17, 15) is 9.59 Å². The lowest BCUT2D eigenvalue weighted by Crippen LogP contribution is -2.10. The number of methoxy groups -OCH3 is 1. The molecule has 0 spiro atoms. The first-order valence-electron chi connectivity index (χ1n) is 7.73. The summed E-state index contributed by atoms with van der Waals surface area (Å²) in [5, 5.41) is 3.31. The summed E-state index contributed by atoms with van der Waals surface area (Å²) in [7, 11) is 3.05. The molecule has 0 aliphatic rings. The van der Waals surface area contributed by atoms with Gasteiger partial charge in [0.25, 0.3) is 0 Å². The molecule has 0 aliphatic heterocycles. The van der Waals surface area contributed by atoms with E-state index in [-0.39, 0.29) is 5.69 Å². The molecule has 128 valence electrons. The van der Waals surface area contributed by atoms with Crippen LogP contribution in [-0.4, -0.2) is 24.1 Å². The van der Waals surface area contributed by atoms with Crippen molar-refractivity contribution in [3.63, 3.8) is 0 Å². The van der Waals surface area contributed by atoms with Crippen molar-refractivity contribution in [2.45, 2.75) is 6.61 Å². The fourth-order valence-corrected chi connectivity index (χ4v) is 2.79. The van der Waals surface area contributed by atoms with Crippen LogP contribution in [0.1, 0.15) is 16.1 Å². The average molecular weight is 338 g/mol. The predicted octanol–water partition coefficient (Wildman–Crippen LogP) is 3.11. The molecule has 6 heteroatoms. The highest BCUT2D eigenvalue weighted by molar-refractivity contribution is 6.09. The van der Waals surface area contributed by atoms with Crippen LogP contribution in [0, 0.1) is 0 Å². The van der Waals surface area contributed by atoms with Crippen molar-refractivity contribution in [2.75, 3.05) is 12.4 Å². The van der Waals surface area contributed by atoms with E-state index in [1.807, 2.05) is 42.5 Å². The average Bonchev–Trinajstić information content (AvgIpc) is 2.92. The number of aryl methyl sites for hydroxylation is 1. The summed E-state index contributed by atoms with van der Waals surface area (Å²) < 4.78 is 12.3. The van der Waals surface area contributed by atoms with Crippen molar-refractivity contribution in [3.05, 3.63) is 59.8 Å². The van der Waals surface area contributed by atoms with E-state index in [1.54, 1.807) is 17.7 Å². The number of nitrogens with zero attached hydrogens (tertiary/aromatic N) is 1. The number of rotatable bonds is 6. The molecule has 3 aromatic rings. The molecule has 0 radical (unpaired) electrons. The minimum absolute atomic E-state index is 0.282. The van der Waals surface area contributed by atoms with E-state index in [0.717, 1.165) is 11.1 Å². The van der Waals surface area contributed by atoms with Crippen LogP contribution in [0.25, 0.3) is 10.9 Å². The Kier molecular flexibility index (Phi) is 4.70. The lowest BCUT2D eigenvalue weighted by atomic mass is 10.2. The van der Waals surface area contributed by atoms with Gasteiger partial charge in [-0.1, -0.05) is 30.3 Å². The Hall–Kier alpha value is -3.28. The van der Waals surface area contributed by atoms with Gasteiger partial charge < -0.3 is 19.4 Å². The zero-order valence-electron chi connectivity index (χ0n) is 14.0. The number of nitrogens with one attached hydrogen (secondary N) is 1. The summed E-state index contributed by atoms with van der Waals surface area (Å²) in [5.41, 5.74) is 2.53. The second kappa shape index (κ2) is 7.09. The van der Waals surface area contributed by atoms with Gasteiger partial charge in [0, 0.05) is 12.4 Å². The number of hydrogen-bond acceptors (Lipinski definition) is 4. The molecule has 0 aliphatic carbocycles. The van der Waals surface area contributed by atoms with Gasteiger partial charge in [0.15, 0.2) is 5.69 Å². The number of benzene rings is 2. The highest BCUT2D eigenvalue weighted by atomic mass is 16.5. The van der Waals surface area contributed by atoms with Gasteiger partial charge in [-0.2, -0.15) is 0 Å². The molecule has 1 aromatic heterocycles. The highest BCUT2D eigenvalue weighted by Crippen LogP contribution is 2.33. The van der Waals surface area contributed by atoms with E-state index in [1.165, 1.54) is 7.11 Å². The van der Waals surface area contributed by atoms with Crippen LogP contribution in [0.15, 0.2) is 48.5 Å². The Morgan fingerprint density at radius 2 is 1.96 bits per heavy atom. The van der Waals surface area contributed by atoms with Gasteiger partial charge in [-0.3, -0.25) is 4.79 Å². The Labute approximate surface area is 145 Å². The number of esters is 1. The Balaban J connectivity index is 1.99. The molecule has 0 saturated heterocycles. The summed E-state index contributed by atoms with van der Waals surface area (Å²) in [6.07, 6.45) is 0.540. The minimum Gasteiger partial charge on any atom is -0.489 e. The van der Waals surface area contributed by atoms with Gasteiger partial charge in [-0.25, -0.2) is 4.79 Å². The fraction of sp³-hybridized carbons (Fsp3) is 0.158.